The monoisotopic (exact) mass is 318 g/mol. The van der Waals surface area contributed by atoms with Crippen molar-refractivity contribution in [3.05, 3.63) is 35.4 Å². The van der Waals surface area contributed by atoms with E-state index in [2.05, 4.69) is 5.32 Å². The molecule has 1 aromatic rings. The van der Waals surface area contributed by atoms with Crippen molar-refractivity contribution in [3.8, 4) is 0 Å². The molecule has 0 heterocycles. The van der Waals surface area contributed by atoms with Gasteiger partial charge >= 0.3 is 5.97 Å². The van der Waals surface area contributed by atoms with Gasteiger partial charge in [0.05, 0.1) is 5.56 Å². The molecular weight excluding hydrogens is 296 g/mol. The van der Waals surface area contributed by atoms with Gasteiger partial charge in [-0.05, 0) is 37.0 Å². The third kappa shape index (κ3) is 4.81. The van der Waals surface area contributed by atoms with Gasteiger partial charge in [0.25, 0.3) is 5.91 Å². The highest BCUT2D eigenvalue weighted by Gasteiger charge is 2.27. The molecule has 1 aromatic carbocycles. The molecule has 0 radical (unpaired) electrons. The van der Waals surface area contributed by atoms with E-state index < -0.39 is 11.9 Å². The van der Waals surface area contributed by atoms with Crippen molar-refractivity contribution in [2.45, 2.75) is 44.6 Å². The number of carboxylic acid groups (broad SMARTS) is 1. The van der Waals surface area contributed by atoms with Crippen molar-refractivity contribution in [2.24, 2.45) is 11.7 Å². The Morgan fingerprint density at radius 2 is 1.83 bits per heavy atom. The lowest BCUT2D eigenvalue weighted by atomic mass is 9.82. The van der Waals surface area contributed by atoms with E-state index in [0.717, 1.165) is 25.7 Å². The fourth-order valence-electron chi connectivity index (χ4n) is 3.13. The van der Waals surface area contributed by atoms with Gasteiger partial charge in [-0.2, -0.15) is 0 Å². The Morgan fingerprint density at radius 3 is 2.43 bits per heavy atom. The number of nitrogens with one attached hydrogen (secondary N) is 1. The highest BCUT2D eigenvalue weighted by molar-refractivity contribution is 5.97. The standard InChI is InChI=1S/C17H22N2O4/c18-15(20)10-14(11-5-2-1-3-6-11)19-16(21)12-7-4-8-13(9-12)17(22)23/h4,7-9,11,14H,1-3,5-6,10H2,(H2,18,20)(H,19,21)(H,22,23). The molecule has 6 heteroatoms. The summed E-state index contributed by atoms with van der Waals surface area (Å²) in [5, 5.41) is 11.9. The SMILES string of the molecule is NC(=O)CC(NC(=O)c1cccc(C(=O)O)c1)C1CCCCC1. The number of amides is 2. The molecule has 2 rings (SSSR count). The summed E-state index contributed by atoms with van der Waals surface area (Å²) < 4.78 is 0. The second kappa shape index (κ2) is 7.76. The van der Waals surface area contributed by atoms with Crippen molar-refractivity contribution in [2.75, 3.05) is 0 Å². The topological polar surface area (TPSA) is 109 Å². The van der Waals surface area contributed by atoms with Gasteiger partial charge in [0, 0.05) is 18.0 Å². The second-order valence-corrected chi connectivity index (χ2v) is 6.03. The van der Waals surface area contributed by atoms with Gasteiger partial charge in [0.15, 0.2) is 0 Å². The van der Waals surface area contributed by atoms with Gasteiger partial charge in [-0.15, -0.1) is 0 Å². The van der Waals surface area contributed by atoms with Crippen LogP contribution in [-0.2, 0) is 4.79 Å². The number of aromatic carboxylic acids is 1. The van der Waals surface area contributed by atoms with Crippen LogP contribution < -0.4 is 11.1 Å². The Bertz CT molecular complexity index is 594. The van der Waals surface area contributed by atoms with Gasteiger partial charge in [-0.25, -0.2) is 4.79 Å². The van der Waals surface area contributed by atoms with Crippen molar-refractivity contribution in [1.29, 1.82) is 0 Å². The fourth-order valence-corrected chi connectivity index (χ4v) is 3.13. The van der Waals surface area contributed by atoms with Gasteiger partial charge in [-0.1, -0.05) is 25.3 Å². The molecule has 1 aliphatic carbocycles. The maximum absolute atomic E-state index is 12.4. The fraction of sp³-hybridized carbons (Fsp3) is 0.471. The first-order valence-corrected chi connectivity index (χ1v) is 7.90. The summed E-state index contributed by atoms with van der Waals surface area (Å²) in [6.07, 6.45) is 5.39. The van der Waals surface area contributed by atoms with E-state index in [-0.39, 0.29) is 35.4 Å². The molecule has 0 bridgehead atoms. The van der Waals surface area contributed by atoms with Gasteiger partial charge in [0.1, 0.15) is 0 Å². The van der Waals surface area contributed by atoms with E-state index >= 15 is 0 Å². The van der Waals surface area contributed by atoms with Crippen molar-refractivity contribution in [3.63, 3.8) is 0 Å². The molecule has 0 saturated heterocycles. The summed E-state index contributed by atoms with van der Waals surface area (Å²) in [5.41, 5.74) is 5.64. The van der Waals surface area contributed by atoms with E-state index in [9.17, 15) is 14.4 Å². The number of hydrogen-bond acceptors (Lipinski definition) is 3. The molecule has 1 saturated carbocycles. The summed E-state index contributed by atoms with van der Waals surface area (Å²) in [7, 11) is 0. The normalized spacial score (nSPS) is 16.5. The zero-order valence-electron chi connectivity index (χ0n) is 13.0. The zero-order chi connectivity index (χ0) is 16.8. The summed E-state index contributed by atoms with van der Waals surface area (Å²) in [4.78, 5) is 34.7. The number of hydrogen-bond donors (Lipinski definition) is 3. The van der Waals surface area contributed by atoms with Crippen LogP contribution in [0.3, 0.4) is 0 Å². The number of carbonyl (C=O) groups excluding carboxylic acids is 2. The van der Waals surface area contributed by atoms with Crippen LogP contribution in [0.1, 0.15) is 59.2 Å². The maximum atomic E-state index is 12.4. The minimum Gasteiger partial charge on any atom is -0.478 e. The molecule has 0 aromatic heterocycles. The van der Waals surface area contributed by atoms with Crippen LogP contribution in [0.4, 0.5) is 0 Å². The molecule has 0 spiro atoms. The minimum absolute atomic E-state index is 0.0572. The summed E-state index contributed by atoms with van der Waals surface area (Å²) in [5.74, 6) is -1.66. The van der Waals surface area contributed by atoms with Crippen LogP contribution in [-0.4, -0.2) is 28.9 Å². The Kier molecular flexibility index (Phi) is 5.73. The zero-order valence-corrected chi connectivity index (χ0v) is 13.0. The molecule has 23 heavy (non-hydrogen) atoms. The number of benzene rings is 1. The lowest BCUT2D eigenvalue weighted by Gasteiger charge is -2.30. The van der Waals surface area contributed by atoms with E-state index in [1.165, 1.54) is 24.6 Å². The van der Waals surface area contributed by atoms with Crippen LogP contribution in [0.25, 0.3) is 0 Å². The van der Waals surface area contributed by atoms with Crippen LogP contribution in [0.5, 0.6) is 0 Å². The van der Waals surface area contributed by atoms with Crippen LogP contribution in [0.15, 0.2) is 24.3 Å². The first kappa shape index (κ1) is 17.0. The molecule has 1 unspecified atom stereocenters. The van der Waals surface area contributed by atoms with E-state index in [1.807, 2.05) is 0 Å². The highest BCUT2D eigenvalue weighted by atomic mass is 16.4. The molecular formula is C17H22N2O4. The number of carbonyl (C=O) groups is 3. The minimum atomic E-state index is -1.08. The van der Waals surface area contributed by atoms with E-state index in [1.54, 1.807) is 6.07 Å². The smallest absolute Gasteiger partial charge is 0.335 e. The first-order valence-electron chi connectivity index (χ1n) is 7.90. The first-order chi connectivity index (χ1) is 11.0. The number of primary amides is 1. The van der Waals surface area contributed by atoms with Crippen molar-refractivity contribution < 1.29 is 19.5 Å². The van der Waals surface area contributed by atoms with Crippen molar-refractivity contribution in [1.82, 2.24) is 5.32 Å². The Labute approximate surface area is 135 Å². The number of nitrogens with two attached hydrogens (primary N) is 1. The predicted molar refractivity (Wildman–Crippen MR) is 85.0 cm³/mol. The molecule has 1 fully saturated rings. The summed E-state index contributed by atoms with van der Waals surface area (Å²) in [6.45, 7) is 0. The molecule has 1 aliphatic rings. The lowest BCUT2D eigenvalue weighted by Crippen LogP contribution is -2.43. The Morgan fingerprint density at radius 1 is 1.17 bits per heavy atom. The number of rotatable bonds is 6. The van der Waals surface area contributed by atoms with Gasteiger partial charge in [0.2, 0.25) is 5.91 Å². The largest absolute Gasteiger partial charge is 0.478 e. The molecule has 124 valence electrons. The Hall–Kier alpha value is -2.37. The van der Waals surface area contributed by atoms with Gasteiger partial charge < -0.3 is 16.2 Å². The highest BCUT2D eigenvalue weighted by Crippen LogP contribution is 2.28. The van der Waals surface area contributed by atoms with E-state index in [0.29, 0.717) is 0 Å². The average Bonchev–Trinajstić information content (AvgIpc) is 2.54. The Balaban J connectivity index is 2.11. The molecule has 0 aliphatic heterocycles. The third-order valence-electron chi connectivity index (χ3n) is 4.33. The maximum Gasteiger partial charge on any atom is 0.335 e. The predicted octanol–water partition coefficient (Wildman–Crippen LogP) is 1.94. The second-order valence-electron chi connectivity index (χ2n) is 6.03. The van der Waals surface area contributed by atoms with Crippen molar-refractivity contribution >= 4 is 17.8 Å². The molecule has 4 N–H and O–H groups in total. The quantitative estimate of drug-likeness (QED) is 0.744. The lowest BCUT2D eigenvalue weighted by molar-refractivity contribution is -0.118. The van der Waals surface area contributed by atoms with Crippen LogP contribution in [0.2, 0.25) is 0 Å². The van der Waals surface area contributed by atoms with Crippen LogP contribution in [0, 0.1) is 5.92 Å². The number of carboxylic acids is 1. The van der Waals surface area contributed by atoms with Gasteiger partial charge in [-0.3, -0.25) is 9.59 Å². The molecule has 1 atom stereocenters. The summed E-state index contributed by atoms with van der Waals surface area (Å²) in [6, 6.07) is 5.56. The third-order valence-corrected chi connectivity index (χ3v) is 4.33. The molecule has 2 amide bonds. The molecule has 6 nitrogen and oxygen atoms in total. The van der Waals surface area contributed by atoms with E-state index in [4.69, 9.17) is 10.8 Å². The van der Waals surface area contributed by atoms with Crippen LogP contribution >= 0.6 is 0 Å². The average molecular weight is 318 g/mol. The summed E-state index contributed by atoms with van der Waals surface area (Å²) >= 11 is 0.